The molecule has 21 heavy (non-hydrogen) atoms. The van der Waals surface area contributed by atoms with Gasteiger partial charge in [-0.15, -0.1) is 11.3 Å². The number of rotatable bonds is 2. The lowest BCUT2D eigenvalue weighted by Crippen LogP contribution is -2.38. The largest absolute Gasteiger partial charge is 0.323 e. The van der Waals surface area contributed by atoms with Crippen LogP contribution in [0.5, 0.6) is 0 Å². The Morgan fingerprint density at radius 1 is 1.29 bits per heavy atom. The van der Waals surface area contributed by atoms with Gasteiger partial charge in [0, 0.05) is 4.88 Å². The number of nitrogens with one attached hydrogen (secondary N) is 1. The van der Waals surface area contributed by atoms with Crippen LogP contribution in [0.15, 0.2) is 34.6 Å². The van der Waals surface area contributed by atoms with Gasteiger partial charge in [0.25, 0.3) is 0 Å². The summed E-state index contributed by atoms with van der Waals surface area (Å²) in [6.07, 6.45) is 0. The van der Waals surface area contributed by atoms with Crippen LogP contribution < -0.4 is 10.2 Å². The predicted molar refractivity (Wildman–Crippen MR) is 93.4 cm³/mol. The Morgan fingerprint density at radius 3 is 2.62 bits per heavy atom. The SMILES string of the molecule is Cc1sccc1N1C(Nc2c(Cl)cccc2Cl)=NCC1C. The zero-order valence-corrected chi connectivity index (χ0v) is 14.1. The van der Waals surface area contributed by atoms with Crippen molar-refractivity contribution in [2.24, 2.45) is 4.99 Å². The summed E-state index contributed by atoms with van der Waals surface area (Å²) in [5.41, 5.74) is 1.88. The molecule has 2 heterocycles. The zero-order valence-electron chi connectivity index (χ0n) is 11.7. The van der Waals surface area contributed by atoms with E-state index in [2.05, 4.69) is 40.5 Å². The molecule has 110 valence electrons. The van der Waals surface area contributed by atoms with Gasteiger partial charge in [-0.3, -0.25) is 4.99 Å². The molecule has 1 aliphatic rings. The van der Waals surface area contributed by atoms with Crippen LogP contribution in [0.1, 0.15) is 11.8 Å². The standard InChI is InChI=1S/C15H15Cl2N3S/c1-9-8-18-15(20(9)13-6-7-21-10(13)2)19-14-11(16)4-3-5-12(14)17/h3-7,9H,8H2,1-2H3,(H,18,19). The average Bonchev–Trinajstić information content (AvgIpc) is 3.00. The minimum absolute atomic E-state index is 0.307. The summed E-state index contributed by atoms with van der Waals surface area (Å²) in [7, 11) is 0. The van der Waals surface area contributed by atoms with Gasteiger partial charge in [0.15, 0.2) is 0 Å². The molecule has 1 N–H and O–H groups in total. The van der Waals surface area contributed by atoms with Crippen molar-refractivity contribution in [3.05, 3.63) is 44.6 Å². The number of para-hydroxylation sites is 1. The molecule has 0 aliphatic carbocycles. The molecule has 1 aromatic carbocycles. The van der Waals surface area contributed by atoms with E-state index < -0.39 is 0 Å². The van der Waals surface area contributed by atoms with Crippen molar-refractivity contribution in [3.63, 3.8) is 0 Å². The molecule has 1 aliphatic heterocycles. The van der Waals surface area contributed by atoms with Crippen molar-refractivity contribution < 1.29 is 0 Å². The van der Waals surface area contributed by atoms with Crippen LogP contribution in [-0.2, 0) is 0 Å². The zero-order chi connectivity index (χ0) is 15.0. The Bertz CT molecular complexity index is 676. The quantitative estimate of drug-likeness (QED) is 0.829. The smallest absolute Gasteiger partial charge is 0.203 e. The van der Waals surface area contributed by atoms with Crippen LogP contribution in [0.25, 0.3) is 0 Å². The van der Waals surface area contributed by atoms with Crippen molar-refractivity contribution in [1.29, 1.82) is 0 Å². The fraction of sp³-hybridized carbons (Fsp3) is 0.267. The fourth-order valence-electron chi connectivity index (χ4n) is 2.39. The van der Waals surface area contributed by atoms with E-state index >= 15 is 0 Å². The Labute approximate surface area is 138 Å². The Kier molecular flexibility index (Phi) is 4.11. The molecule has 0 radical (unpaired) electrons. The van der Waals surface area contributed by atoms with Gasteiger partial charge in [0.2, 0.25) is 5.96 Å². The molecule has 2 aromatic rings. The molecular formula is C15H15Cl2N3S. The lowest BCUT2D eigenvalue weighted by atomic mass is 10.2. The normalized spacial score (nSPS) is 18.0. The lowest BCUT2D eigenvalue weighted by molar-refractivity contribution is 0.784. The van der Waals surface area contributed by atoms with E-state index in [-0.39, 0.29) is 0 Å². The summed E-state index contributed by atoms with van der Waals surface area (Å²) < 4.78 is 0. The first-order valence-electron chi connectivity index (χ1n) is 6.66. The molecule has 0 spiro atoms. The van der Waals surface area contributed by atoms with Gasteiger partial charge >= 0.3 is 0 Å². The molecular weight excluding hydrogens is 325 g/mol. The molecule has 0 saturated carbocycles. The highest BCUT2D eigenvalue weighted by Gasteiger charge is 2.28. The molecule has 6 heteroatoms. The molecule has 1 atom stereocenters. The number of aryl methyl sites for hydroxylation is 1. The van der Waals surface area contributed by atoms with Crippen LogP contribution in [0, 0.1) is 6.92 Å². The second-order valence-corrected chi connectivity index (χ2v) is 6.90. The number of thiophene rings is 1. The maximum absolute atomic E-state index is 6.23. The Balaban J connectivity index is 1.93. The van der Waals surface area contributed by atoms with Crippen molar-refractivity contribution in [2.75, 3.05) is 16.8 Å². The van der Waals surface area contributed by atoms with Gasteiger partial charge in [0.05, 0.1) is 34.0 Å². The molecule has 1 aromatic heterocycles. The van der Waals surface area contributed by atoms with Crippen molar-refractivity contribution >= 4 is 51.9 Å². The van der Waals surface area contributed by atoms with E-state index in [1.54, 1.807) is 11.3 Å². The molecule has 0 fully saturated rings. The van der Waals surface area contributed by atoms with Gasteiger partial charge < -0.3 is 10.2 Å². The Hall–Kier alpha value is -1.23. The van der Waals surface area contributed by atoms with Crippen molar-refractivity contribution in [1.82, 2.24) is 0 Å². The summed E-state index contributed by atoms with van der Waals surface area (Å²) in [5, 5.41) is 6.56. The number of aliphatic imine (C=N–C) groups is 1. The van der Waals surface area contributed by atoms with Crippen molar-refractivity contribution in [2.45, 2.75) is 19.9 Å². The monoisotopic (exact) mass is 339 g/mol. The number of guanidine groups is 1. The van der Waals surface area contributed by atoms with Crippen LogP contribution in [0.4, 0.5) is 11.4 Å². The first kappa shape index (κ1) is 14.7. The second kappa shape index (κ2) is 5.87. The number of benzene rings is 1. The van der Waals surface area contributed by atoms with Crippen LogP contribution in [0.3, 0.4) is 0 Å². The third kappa shape index (κ3) is 2.76. The van der Waals surface area contributed by atoms with Gasteiger partial charge in [-0.05, 0) is 37.4 Å². The first-order valence-corrected chi connectivity index (χ1v) is 8.30. The van der Waals surface area contributed by atoms with Gasteiger partial charge in [-0.1, -0.05) is 29.3 Å². The maximum Gasteiger partial charge on any atom is 0.203 e. The molecule has 0 amide bonds. The van der Waals surface area contributed by atoms with E-state index in [4.69, 9.17) is 23.2 Å². The van der Waals surface area contributed by atoms with E-state index in [1.807, 2.05) is 18.2 Å². The highest BCUT2D eigenvalue weighted by Crippen LogP contribution is 2.33. The molecule has 3 nitrogen and oxygen atoms in total. The molecule has 0 bridgehead atoms. The lowest BCUT2D eigenvalue weighted by Gasteiger charge is -2.26. The van der Waals surface area contributed by atoms with E-state index in [1.165, 1.54) is 10.6 Å². The Morgan fingerprint density at radius 2 is 2.00 bits per heavy atom. The maximum atomic E-state index is 6.23. The minimum atomic E-state index is 0.307. The van der Waals surface area contributed by atoms with Crippen LogP contribution >= 0.6 is 34.5 Å². The van der Waals surface area contributed by atoms with E-state index in [0.29, 0.717) is 21.8 Å². The average molecular weight is 340 g/mol. The highest BCUT2D eigenvalue weighted by molar-refractivity contribution is 7.10. The number of nitrogens with zero attached hydrogens (tertiary/aromatic N) is 2. The molecule has 1 unspecified atom stereocenters. The summed E-state index contributed by atoms with van der Waals surface area (Å²) in [4.78, 5) is 8.06. The van der Waals surface area contributed by atoms with Gasteiger partial charge in [-0.25, -0.2) is 0 Å². The topological polar surface area (TPSA) is 27.6 Å². The molecule has 3 rings (SSSR count). The number of anilines is 2. The third-order valence-corrected chi connectivity index (χ3v) is 4.93. The summed E-state index contributed by atoms with van der Waals surface area (Å²) in [6.45, 7) is 5.02. The van der Waals surface area contributed by atoms with Crippen molar-refractivity contribution in [3.8, 4) is 0 Å². The molecule has 0 saturated heterocycles. The summed E-state index contributed by atoms with van der Waals surface area (Å²) >= 11 is 14.2. The summed E-state index contributed by atoms with van der Waals surface area (Å²) in [5.74, 6) is 0.791. The summed E-state index contributed by atoms with van der Waals surface area (Å²) in [6, 6.07) is 7.88. The number of hydrogen-bond acceptors (Lipinski definition) is 4. The van der Waals surface area contributed by atoms with Crippen LogP contribution in [0.2, 0.25) is 10.0 Å². The second-order valence-electron chi connectivity index (χ2n) is 4.97. The van der Waals surface area contributed by atoms with E-state index in [9.17, 15) is 0 Å². The highest BCUT2D eigenvalue weighted by atomic mass is 35.5. The van der Waals surface area contributed by atoms with Gasteiger partial charge in [0.1, 0.15) is 0 Å². The third-order valence-electron chi connectivity index (χ3n) is 3.46. The fourth-order valence-corrected chi connectivity index (χ4v) is 3.57. The first-order chi connectivity index (χ1) is 10.1. The number of halogens is 2. The minimum Gasteiger partial charge on any atom is -0.323 e. The van der Waals surface area contributed by atoms with Crippen LogP contribution in [-0.4, -0.2) is 18.5 Å². The predicted octanol–water partition coefficient (Wildman–Crippen LogP) is 5.04. The van der Waals surface area contributed by atoms with Gasteiger partial charge in [-0.2, -0.15) is 0 Å². The number of hydrogen-bond donors (Lipinski definition) is 1. The van der Waals surface area contributed by atoms with E-state index in [0.717, 1.165) is 12.5 Å².